The van der Waals surface area contributed by atoms with E-state index in [1.165, 1.54) is 17.9 Å². The number of ether oxygens (including phenoxy) is 1. The Balaban J connectivity index is 1.56. The molecule has 0 atom stereocenters. The van der Waals surface area contributed by atoms with Crippen LogP contribution in [0.25, 0.3) is 22.8 Å². The van der Waals surface area contributed by atoms with Gasteiger partial charge in [-0.05, 0) is 37.3 Å². The number of nitrogens with zero attached hydrogens (tertiary/aromatic N) is 3. The zero-order chi connectivity index (χ0) is 22.7. The van der Waals surface area contributed by atoms with E-state index in [4.69, 9.17) is 20.9 Å². The lowest BCUT2D eigenvalue weighted by molar-refractivity contribution is -0.116. The molecule has 1 amide bonds. The predicted molar refractivity (Wildman–Crippen MR) is 121 cm³/mol. The lowest BCUT2D eigenvalue weighted by Gasteiger charge is -2.11. The van der Waals surface area contributed by atoms with Gasteiger partial charge in [0.2, 0.25) is 11.7 Å². The molecule has 0 aliphatic rings. The summed E-state index contributed by atoms with van der Waals surface area (Å²) in [6.45, 7) is 1.76. The third kappa shape index (κ3) is 4.55. The molecular formula is C23H19ClN4O4. The van der Waals surface area contributed by atoms with Crippen LogP contribution in [0.5, 0.6) is 5.75 Å². The third-order valence-corrected chi connectivity index (χ3v) is 4.97. The number of halogens is 1. The van der Waals surface area contributed by atoms with Gasteiger partial charge in [0.15, 0.2) is 0 Å². The highest BCUT2D eigenvalue weighted by atomic mass is 35.5. The zero-order valence-electron chi connectivity index (χ0n) is 17.3. The van der Waals surface area contributed by atoms with Gasteiger partial charge in [-0.1, -0.05) is 46.6 Å². The zero-order valence-corrected chi connectivity index (χ0v) is 18.1. The second-order valence-electron chi connectivity index (χ2n) is 7.04. The fourth-order valence-electron chi connectivity index (χ4n) is 3.10. The number of carbonyl (C=O) groups is 1. The van der Waals surface area contributed by atoms with E-state index in [0.29, 0.717) is 22.3 Å². The van der Waals surface area contributed by atoms with E-state index < -0.39 is 11.5 Å². The fraction of sp³-hybridized carbons (Fsp3) is 0.130. The van der Waals surface area contributed by atoms with Crippen molar-refractivity contribution in [2.45, 2.75) is 13.5 Å². The number of aryl methyl sites for hydroxylation is 1. The van der Waals surface area contributed by atoms with E-state index in [-0.39, 0.29) is 18.0 Å². The number of aromatic nitrogens is 3. The topological polar surface area (TPSA) is 99.2 Å². The molecule has 8 nitrogen and oxygen atoms in total. The summed E-state index contributed by atoms with van der Waals surface area (Å²) in [4.78, 5) is 29.8. The van der Waals surface area contributed by atoms with Crippen molar-refractivity contribution in [3.05, 3.63) is 81.7 Å². The molecule has 4 rings (SSSR count). The number of hydrogen-bond acceptors (Lipinski definition) is 6. The van der Waals surface area contributed by atoms with Crippen LogP contribution in [0.15, 0.2) is 70.1 Å². The number of pyridine rings is 1. The van der Waals surface area contributed by atoms with E-state index in [1.807, 2.05) is 31.2 Å². The standard InChI is InChI=1S/C23H19ClN4O4/c1-14-5-7-15(8-6-14)21-26-22(32-27-21)17-4-3-11-28(23(17)30)13-20(29)25-18-12-16(24)9-10-19(18)31-2/h3-12H,13H2,1-2H3,(H,25,29). The summed E-state index contributed by atoms with van der Waals surface area (Å²) in [7, 11) is 1.49. The van der Waals surface area contributed by atoms with Gasteiger partial charge in [-0.2, -0.15) is 4.98 Å². The number of nitrogens with one attached hydrogen (secondary N) is 1. The quantitative estimate of drug-likeness (QED) is 0.473. The minimum absolute atomic E-state index is 0.0804. The molecule has 2 aromatic carbocycles. The minimum atomic E-state index is -0.431. The molecule has 0 aliphatic heterocycles. The molecule has 0 spiro atoms. The first-order valence-corrected chi connectivity index (χ1v) is 10.1. The fourth-order valence-corrected chi connectivity index (χ4v) is 3.27. The smallest absolute Gasteiger partial charge is 0.263 e. The maximum Gasteiger partial charge on any atom is 0.263 e. The van der Waals surface area contributed by atoms with Crippen LogP contribution in [0.2, 0.25) is 5.02 Å². The first-order valence-electron chi connectivity index (χ1n) is 9.68. The number of carbonyl (C=O) groups excluding carboxylic acids is 1. The summed E-state index contributed by atoms with van der Waals surface area (Å²) < 4.78 is 11.8. The summed E-state index contributed by atoms with van der Waals surface area (Å²) >= 11 is 6.00. The number of anilines is 1. The van der Waals surface area contributed by atoms with Crippen molar-refractivity contribution in [2.24, 2.45) is 0 Å². The normalized spacial score (nSPS) is 10.7. The lowest BCUT2D eigenvalue weighted by atomic mass is 10.1. The molecule has 0 unspecified atom stereocenters. The van der Waals surface area contributed by atoms with Crippen molar-refractivity contribution in [1.82, 2.24) is 14.7 Å². The van der Waals surface area contributed by atoms with Crippen molar-refractivity contribution in [3.63, 3.8) is 0 Å². The molecule has 0 bridgehead atoms. The monoisotopic (exact) mass is 450 g/mol. The summed E-state index contributed by atoms with van der Waals surface area (Å²) in [6, 6.07) is 15.7. The van der Waals surface area contributed by atoms with Crippen molar-refractivity contribution in [2.75, 3.05) is 12.4 Å². The molecule has 2 heterocycles. The summed E-state index contributed by atoms with van der Waals surface area (Å²) in [5.74, 6) is 0.492. The molecule has 9 heteroatoms. The number of rotatable bonds is 6. The Morgan fingerprint density at radius 3 is 2.72 bits per heavy atom. The molecule has 1 N–H and O–H groups in total. The maximum absolute atomic E-state index is 12.9. The van der Waals surface area contributed by atoms with Gasteiger partial charge in [-0.25, -0.2) is 0 Å². The first-order chi connectivity index (χ1) is 15.4. The molecule has 162 valence electrons. The highest BCUT2D eigenvalue weighted by Gasteiger charge is 2.16. The van der Waals surface area contributed by atoms with Gasteiger partial charge in [-0.15, -0.1) is 0 Å². The largest absolute Gasteiger partial charge is 0.495 e. The molecular weight excluding hydrogens is 432 g/mol. The van der Waals surface area contributed by atoms with Gasteiger partial charge in [0.25, 0.3) is 11.4 Å². The van der Waals surface area contributed by atoms with Crippen molar-refractivity contribution < 1.29 is 14.1 Å². The van der Waals surface area contributed by atoms with Crippen LogP contribution < -0.4 is 15.6 Å². The van der Waals surface area contributed by atoms with Crippen LogP contribution in [-0.2, 0) is 11.3 Å². The number of benzene rings is 2. The van der Waals surface area contributed by atoms with E-state index in [0.717, 1.165) is 11.1 Å². The number of hydrogen-bond donors (Lipinski definition) is 1. The van der Waals surface area contributed by atoms with E-state index in [2.05, 4.69) is 15.5 Å². The van der Waals surface area contributed by atoms with Crippen LogP contribution in [0.1, 0.15) is 5.56 Å². The van der Waals surface area contributed by atoms with E-state index in [1.54, 1.807) is 30.3 Å². The Labute approximate surface area is 188 Å². The average Bonchev–Trinajstić information content (AvgIpc) is 3.26. The number of methoxy groups -OCH3 is 1. The Kier molecular flexibility index (Phi) is 6.04. The van der Waals surface area contributed by atoms with Crippen molar-refractivity contribution in [1.29, 1.82) is 0 Å². The average molecular weight is 451 g/mol. The van der Waals surface area contributed by atoms with E-state index in [9.17, 15) is 9.59 Å². The molecule has 0 radical (unpaired) electrons. The highest BCUT2D eigenvalue weighted by molar-refractivity contribution is 6.31. The molecule has 0 fully saturated rings. The highest BCUT2D eigenvalue weighted by Crippen LogP contribution is 2.27. The Hall–Kier alpha value is -3.91. The SMILES string of the molecule is COc1ccc(Cl)cc1NC(=O)Cn1cccc(-c2nc(-c3ccc(C)cc3)no2)c1=O. The predicted octanol–water partition coefficient (Wildman–Crippen LogP) is 4.17. The second kappa shape index (κ2) is 9.07. The second-order valence-corrected chi connectivity index (χ2v) is 7.47. The summed E-state index contributed by atoms with van der Waals surface area (Å²) in [5, 5.41) is 7.12. The van der Waals surface area contributed by atoms with Crippen molar-refractivity contribution in [3.8, 4) is 28.6 Å². The molecule has 0 aliphatic carbocycles. The molecule has 4 aromatic rings. The third-order valence-electron chi connectivity index (χ3n) is 4.74. The molecule has 32 heavy (non-hydrogen) atoms. The van der Waals surface area contributed by atoms with E-state index >= 15 is 0 Å². The van der Waals surface area contributed by atoms with Crippen LogP contribution in [-0.4, -0.2) is 27.7 Å². The lowest BCUT2D eigenvalue weighted by Crippen LogP contribution is -2.28. The van der Waals surface area contributed by atoms with Gasteiger partial charge in [0.05, 0.1) is 12.8 Å². The van der Waals surface area contributed by atoms with Crippen LogP contribution in [0.3, 0.4) is 0 Å². The first kappa shape index (κ1) is 21.3. The Morgan fingerprint density at radius 1 is 1.19 bits per heavy atom. The molecule has 0 saturated heterocycles. The Bertz CT molecular complexity index is 1330. The van der Waals surface area contributed by atoms with Gasteiger partial charge >= 0.3 is 0 Å². The minimum Gasteiger partial charge on any atom is -0.495 e. The van der Waals surface area contributed by atoms with Gasteiger partial charge in [0.1, 0.15) is 17.9 Å². The van der Waals surface area contributed by atoms with Gasteiger partial charge in [-0.3, -0.25) is 9.59 Å². The van der Waals surface area contributed by atoms with Gasteiger partial charge in [0, 0.05) is 16.8 Å². The summed E-state index contributed by atoms with van der Waals surface area (Å²) in [5.41, 5.74) is 2.06. The van der Waals surface area contributed by atoms with Crippen LogP contribution >= 0.6 is 11.6 Å². The Morgan fingerprint density at radius 2 is 1.97 bits per heavy atom. The van der Waals surface area contributed by atoms with Crippen molar-refractivity contribution >= 4 is 23.2 Å². The molecule has 2 aromatic heterocycles. The van der Waals surface area contributed by atoms with Gasteiger partial charge < -0.3 is 19.1 Å². The summed E-state index contributed by atoms with van der Waals surface area (Å²) in [6.07, 6.45) is 1.51. The van der Waals surface area contributed by atoms with Crippen LogP contribution in [0.4, 0.5) is 5.69 Å². The van der Waals surface area contributed by atoms with Crippen LogP contribution in [0, 0.1) is 6.92 Å². The molecule has 0 saturated carbocycles. The number of amides is 1. The maximum atomic E-state index is 12.9.